The molecule has 7 aromatic rings. The Labute approximate surface area is 431 Å². The van der Waals surface area contributed by atoms with Crippen molar-refractivity contribution in [3.63, 3.8) is 0 Å². The van der Waals surface area contributed by atoms with Crippen LogP contribution in [0, 0.1) is 30.1 Å². The fraction of sp³-hybridized carbons (Fsp3) is 0.412. The molecular weight excluding hydrogens is 965 g/mol. The van der Waals surface area contributed by atoms with Crippen molar-refractivity contribution in [2.75, 3.05) is 43.1 Å². The number of anilines is 3. The monoisotopic (exact) mass is 1020 g/mol. The standard InChI is InChI=1S/C21H24N6O3.C16H24N4O4.C12H9N5O.C2H3N/c1-4-21-10-26(3)30-16(13(21)2)20(29-21)27-12-24-15-17(22-11-23-18(15)27)25-19(28)14-8-6-5-7-9-14;1-6-16-8-19(5)24-12(10(16)3)14(23-16)20-7-9(2)13(17-11(4)21)18-15(20)22;18-12(8-4-2-1-3-5-8)17-11-9-10(14-6-13-9)15-7-16-11;1-2-3/h5-9,11-13,16,20H,4,10H2,1-3H3,(H,22,23,25,28);7,10,12,14H,6,8H2,1-5H3,(H,17,18,21,22);1-7H,(H2,13,14,15,16,17,18);1H3/t13-,16?,20-,21+;10-,12?,14-,16+;;/m11../s1. The lowest BCUT2D eigenvalue weighted by Gasteiger charge is -2.40. The van der Waals surface area contributed by atoms with E-state index in [1.54, 1.807) is 67.0 Å². The molecule has 3 amide bonds. The average molecular weight is 1030 g/mol. The van der Waals surface area contributed by atoms with Gasteiger partial charge in [-0.3, -0.25) is 33.2 Å². The first-order valence-electron chi connectivity index (χ1n) is 24.4. The number of hydrogen-bond donors (Lipinski definition) is 4. The Balaban J connectivity index is 0.000000150. The number of ether oxygens (including phenoxy) is 2. The van der Waals surface area contributed by atoms with Crippen molar-refractivity contribution in [2.24, 2.45) is 11.8 Å². The summed E-state index contributed by atoms with van der Waals surface area (Å²) in [7, 11) is 3.81. The molecule has 2 unspecified atom stereocenters. The lowest BCUT2D eigenvalue weighted by Crippen LogP contribution is -2.52. The van der Waals surface area contributed by atoms with Gasteiger partial charge < -0.3 is 30.4 Å². The Morgan fingerprint density at radius 1 is 0.747 bits per heavy atom. The molecule has 4 aliphatic heterocycles. The number of hydrogen-bond acceptors (Lipinski definition) is 18. The van der Waals surface area contributed by atoms with Crippen LogP contribution in [0.4, 0.5) is 17.5 Å². The van der Waals surface area contributed by atoms with E-state index in [1.165, 1.54) is 37.4 Å². The maximum Gasteiger partial charge on any atom is 0.351 e. The van der Waals surface area contributed by atoms with E-state index >= 15 is 0 Å². The summed E-state index contributed by atoms with van der Waals surface area (Å²) in [6.07, 6.45) is 8.07. The Morgan fingerprint density at radius 3 is 1.81 bits per heavy atom. The predicted octanol–water partition coefficient (Wildman–Crippen LogP) is 5.84. The van der Waals surface area contributed by atoms with E-state index in [0.29, 0.717) is 63.7 Å². The van der Waals surface area contributed by atoms with E-state index in [9.17, 15) is 19.2 Å². The number of rotatable bonds is 9. The van der Waals surface area contributed by atoms with Gasteiger partial charge in [0.1, 0.15) is 36.2 Å². The molecule has 4 fully saturated rings. The largest absolute Gasteiger partial charge is 0.351 e. The minimum atomic E-state index is -0.532. The highest BCUT2D eigenvalue weighted by Gasteiger charge is 2.59. The maximum atomic E-state index is 12.6. The van der Waals surface area contributed by atoms with Crippen molar-refractivity contribution in [2.45, 2.75) is 97.2 Å². The van der Waals surface area contributed by atoms with Crippen LogP contribution in [-0.2, 0) is 23.9 Å². The molecule has 4 saturated heterocycles. The highest BCUT2D eigenvalue weighted by molar-refractivity contribution is 6.07. The number of likely N-dealkylation sites (N-methyl/N-ethyl adjacent to an activating group) is 2. The molecule has 0 saturated carbocycles. The minimum absolute atomic E-state index is 0.154. The Kier molecular flexibility index (Phi) is 16.1. The number of aromatic nitrogens is 10. The van der Waals surface area contributed by atoms with Crippen molar-refractivity contribution in [1.82, 2.24) is 59.1 Å². The molecule has 75 heavy (non-hydrogen) atoms. The van der Waals surface area contributed by atoms with Crippen LogP contribution in [0.1, 0.15) is 93.1 Å². The number of benzene rings is 2. The van der Waals surface area contributed by atoms with Crippen molar-refractivity contribution >= 4 is 57.5 Å². The second-order valence-electron chi connectivity index (χ2n) is 18.5. The van der Waals surface area contributed by atoms with Gasteiger partial charge in [0.15, 0.2) is 40.9 Å². The van der Waals surface area contributed by atoms with E-state index in [2.05, 4.69) is 83.5 Å². The number of H-pyrrole nitrogens is 1. The van der Waals surface area contributed by atoms with Crippen LogP contribution in [-0.4, -0.2) is 127 Å². The van der Waals surface area contributed by atoms with Gasteiger partial charge in [0, 0.05) is 62.7 Å². The van der Waals surface area contributed by atoms with Crippen molar-refractivity contribution in [3.05, 3.63) is 119 Å². The Morgan fingerprint density at radius 2 is 1.27 bits per heavy atom. The second kappa shape index (κ2) is 22.7. The summed E-state index contributed by atoms with van der Waals surface area (Å²) in [5.74, 6) is 0.717. The molecule has 2 aromatic carbocycles. The van der Waals surface area contributed by atoms with E-state index in [-0.39, 0.29) is 65.0 Å². The van der Waals surface area contributed by atoms with E-state index < -0.39 is 11.9 Å². The molecular formula is C51H60N16O8. The van der Waals surface area contributed by atoms with E-state index in [4.69, 9.17) is 24.4 Å². The van der Waals surface area contributed by atoms with Gasteiger partial charge in [0.25, 0.3) is 11.8 Å². The smallest absolute Gasteiger partial charge is 0.347 e. The van der Waals surface area contributed by atoms with Crippen molar-refractivity contribution < 1.29 is 33.5 Å². The van der Waals surface area contributed by atoms with E-state index in [1.807, 2.05) is 48.0 Å². The number of nitrogens with zero attached hydrogens (tertiary/aromatic N) is 12. The minimum Gasteiger partial charge on any atom is -0.347 e. The topological polar surface area (TPSA) is 287 Å². The third kappa shape index (κ3) is 11.0. The second-order valence-corrected chi connectivity index (χ2v) is 18.5. The molecule has 4 aliphatic rings. The first-order valence-corrected chi connectivity index (χ1v) is 24.4. The molecule has 24 heteroatoms. The highest BCUT2D eigenvalue weighted by atomic mass is 16.7. The number of carbonyl (C=O) groups is 3. The third-order valence-corrected chi connectivity index (χ3v) is 13.8. The average Bonchev–Trinajstić information content (AvgIpc) is 4.14. The number of fused-ring (bicyclic) bond motifs is 6. The molecule has 0 spiro atoms. The molecule has 0 aliphatic carbocycles. The number of hydroxylamine groups is 4. The molecule has 24 nitrogen and oxygen atoms in total. The molecule has 0 radical (unpaired) electrons. The normalized spacial score (nSPS) is 24.6. The number of carbonyl (C=O) groups excluding carboxylic acids is 3. The summed E-state index contributed by atoms with van der Waals surface area (Å²) < 4.78 is 16.2. The lowest BCUT2D eigenvalue weighted by molar-refractivity contribution is -0.234. The highest BCUT2D eigenvalue weighted by Crippen LogP contribution is 2.50. The van der Waals surface area contributed by atoms with Gasteiger partial charge in [-0.1, -0.05) is 64.1 Å². The fourth-order valence-corrected chi connectivity index (χ4v) is 9.85. The van der Waals surface area contributed by atoms with Gasteiger partial charge in [-0.15, -0.1) is 0 Å². The molecule has 8 atom stereocenters. The Bertz CT molecular complexity index is 3260. The van der Waals surface area contributed by atoms with Crippen LogP contribution >= 0.6 is 0 Å². The third-order valence-electron chi connectivity index (χ3n) is 13.8. The zero-order valence-electron chi connectivity index (χ0n) is 43.1. The molecule has 4 N–H and O–H groups in total. The molecule has 5 aromatic heterocycles. The first kappa shape index (κ1) is 53.4. The fourth-order valence-electron chi connectivity index (χ4n) is 9.85. The predicted molar refractivity (Wildman–Crippen MR) is 274 cm³/mol. The summed E-state index contributed by atoms with van der Waals surface area (Å²) in [6, 6.07) is 19.7. The summed E-state index contributed by atoms with van der Waals surface area (Å²) in [4.78, 5) is 92.3. The molecule has 4 bridgehead atoms. The number of aromatic amines is 1. The first-order chi connectivity index (χ1) is 36.0. The number of imidazole rings is 2. The molecule has 11 rings (SSSR count). The number of nitriles is 1. The van der Waals surface area contributed by atoms with Crippen LogP contribution in [0.15, 0.2) is 97.0 Å². The van der Waals surface area contributed by atoms with Gasteiger partial charge in [-0.2, -0.15) is 20.4 Å². The van der Waals surface area contributed by atoms with Gasteiger partial charge in [-0.05, 0) is 44.0 Å². The van der Waals surface area contributed by atoms with E-state index in [0.717, 1.165) is 12.8 Å². The zero-order valence-corrected chi connectivity index (χ0v) is 43.1. The summed E-state index contributed by atoms with van der Waals surface area (Å²) in [6.45, 7) is 14.5. The van der Waals surface area contributed by atoms with Gasteiger partial charge in [0.2, 0.25) is 5.91 Å². The van der Waals surface area contributed by atoms with Crippen LogP contribution < -0.4 is 21.6 Å². The summed E-state index contributed by atoms with van der Waals surface area (Å²) >= 11 is 0. The maximum absolute atomic E-state index is 12.6. The summed E-state index contributed by atoms with van der Waals surface area (Å²) in [5.41, 5.74) is 2.97. The van der Waals surface area contributed by atoms with Crippen LogP contribution in [0.5, 0.6) is 0 Å². The van der Waals surface area contributed by atoms with Gasteiger partial charge in [-0.25, -0.2) is 34.7 Å². The van der Waals surface area contributed by atoms with Crippen LogP contribution in [0.2, 0.25) is 0 Å². The Hall–Kier alpha value is -7.92. The van der Waals surface area contributed by atoms with Crippen LogP contribution in [0.3, 0.4) is 0 Å². The molecule has 9 heterocycles. The van der Waals surface area contributed by atoms with Gasteiger partial charge in [0.05, 0.1) is 43.0 Å². The SMILES string of the molecule is CC#N.CC[C@@]12CN(C)OC([C@H](n3cc(C)c(NC(C)=O)nc3=O)O1)[C@H]2C.CC[C@@]12CN(C)OC([C@H](n3cnc4c(NC(=O)c5ccccc5)ncnc43)O1)[C@H]2C.O=C(Nc1ncnc2nc[nH]c12)c1ccccc1. The van der Waals surface area contributed by atoms with Crippen LogP contribution in [0.25, 0.3) is 22.3 Å². The zero-order chi connectivity index (χ0) is 53.6. The lowest BCUT2D eigenvalue weighted by atomic mass is 9.83. The number of amides is 3. The molecule has 392 valence electrons. The van der Waals surface area contributed by atoms with Gasteiger partial charge >= 0.3 is 5.69 Å². The quantitative estimate of drug-likeness (QED) is 0.132. The van der Waals surface area contributed by atoms with Crippen molar-refractivity contribution in [3.8, 4) is 6.07 Å². The summed E-state index contributed by atoms with van der Waals surface area (Å²) in [5, 5.41) is 19.1. The van der Waals surface area contributed by atoms with Crippen molar-refractivity contribution in [1.29, 1.82) is 5.26 Å². The number of nitrogens with one attached hydrogen (secondary N) is 4. The number of aryl methyl sites for hydroxylation is 1.